The van der Waals surface area contributed by atoms with E-state index in [2.05, 4.69) is 15.5 Å². The Morgan fingerprint density at radius 2 is 2.13 bits per heavy atom. The van der Waals surface area contributed by atoms with Crippen molar-refractivity contribution in [2.24, 2.45) is 0 Å². The number of halogens is 1. The summed E-state index contributed by atoms with van der Waals surface area (Å²) in [6.45, 7) is 4.93. The number of amides is 1. The van der Waals surface area contributed by atoms with Crippen LogP contribution in [0.3, 0.4) is 0 Å². The van der Waals surface area contributed by atoms with Crippen molar-refractivity contribution in [3.05, 3.63) is 35.6 Å². The predicted octanol–water partition coefficient (Wildman–Crippen LogP) is 2.80. The lowest BCUT2D eigenvalue weighted by atomic mass is 10.3. The molecule has 124 valence electrons. The molecule has 0 aliphatic rings. The molecule has 1 heterocycles. The third-order valence-electron chi connectivity index (χ3n) is 2.94. The first kappa shape index (κ1) is 17.6. The van der Waals surface area contributed by atoms with Crippen LogP contribution in [0.15, 0.2) is 35.7 Å². The van der Waals surface area contributed by atoms with Gasteiger partial charge in [0.2, 0.25) is 5.91 Å². The molecular formula is C15H19ClN4O2S. The number of thioether (sulfide) groups is 1. The minimum atomic E-state index is -0.0620. The highest BCUT2D eigenvalue weighted by Crippen LogP contribution is 2.18. The molecule has 0 bridgehead atoms. The highest BCUT2D eigenvalue weighted by Gasteiger charge is 2.10. The quantitative estimate of drug-likeness (QED) is 0.583. The Balaban J connectivity index is 1.65. The molecule has 0 spiro atoms. The standard InChI is InChI=1S/C15H19ClN4O2S/c1-11(2)20-10-18-19-15(20)23-9-14(21)17-7-8-22-13-5-3-12(16)4-6-13/h3-6,10-11H,7-9H2,1-2H3,(H,17,21). The summed E-state index contributed by atoms with van der Waals surface area (Å²) in [6, 6.07) is 7.37. The summed E-state index contributed by atoms with van der Waals surface area (Å²) in [7, 11) is 0. The fourth-order valence-corrected chi connectivity index (χ4v) is 2.76. The Kier molecular flexibility index (Phi) is 6.73. The van der Waals surface area contributed by atoms with Crippen LogP contribution >= 0.6 is 23.4 Å². The van der Waals surface area contributed by atoms with Gasteiger partial charge in [-0.2, -0.15) is 0 Å². The number of carbonyl (C=O) groups is 1. The van der Waals surface area contributed by atoms with Crippen molar-refractivity contribution in [3.8, 4) is 5.75 Å². The zero-order valence-electron chi connectivity index (χ0n) is 13.0. The van der Waals surface area contributed by atoms with Crippen LogP contribution in [0, 0.1) is 0 Å². The molecule has 1 amide bonds. The smallest absolute Gasteiger partial charge is 0.230 e. The van der Waals surface area contributed by atoms with E-state index in [4.69, 9.17) is 16.3 Å². The van der Waals surface area contributed by atoms with Gasteiger partial charge in [-0.25, -0.2) is 0 Å². The van der Waals surface area contributed by atoms with Gasteiger partial charge in [-0.3, -0.25) is 4.79 Å². The average molecular weight is 355 g/mol. The van der Waals surface area contributed by atoms with Gasteiger partial charge in [-0.15, -0.1) is 10.2 Å². The molecule has 23 heavy (non-hydrogen) atoms. The van der Waals surface area contributed by atoms with E-state index in [9.17, 15) is 4.79 Å². The number of ether oxygens (including phenoxy) is 1. The van der Waals surface area contributed by atoms with Crippen LogP contribution in [0.2, 0.25) is 5.02 Å². The van der Waals surface area contributed by atoms with E-state index in [1.165, 1.54) is 11.8 Å². The Morgan fingerprint density at radius 3 is 2.83 bits per heavy atom. The first-order valence-corrected chi connectivity index (χ1v) is 8.60. The van der Waals surface area contributed by atoms with Gasteiger partial charge in [0.05, 0.1) is 12.3 Å². The molecule has 1 aromatic carbocycles. The maximum Gasteiger partial charge on any atom is 0.230 e. The zero-order valence-corrected chi connectivity index (χ0v) is 14.6. The van der Waals surface area contributed by atoms with Crippen LogP contribution < -0.4 is 10.1 Å². The van der Waals surface area contributed by atoms with Crippen molar-refractivity contribution in [1.29, 1.82) is 0 Å². The molecule has 0 saturated carbocycles. The van der Waals surface area contributed by atoms with E-state index in [0.717, 1.165) is 10.9 Å². The average Bonchev–Trinajstić information content (AvgIpc) is 3.00. The second kappa shape index (κ2) is 8.79. The topological polar surface area (TPSA) is 69.0 Å². The number of nitrogens with one attached hydrogen (secondary N) is 1. The van der Waals surface area contributed by atoms with Gasteiger partial charge in [0.15, 0.2) is 5.16 Å². The first-order valence-electron chi connectivity index (χ1n) is 7.23. The summed E-state index contributed by atoms with van der Waals surface area (Å²) in [5.41, 5.74) is 0. The van der Waals surface area contributed by atoms with E-state index >= 15 is 0 Å². The fourth-order valence-electron chi connectivity index (χ4n) is 1.76. The maximum absolute atomic E-state index is 11.8. The minimum absolute atomic E-state index is 0.0620. The van der Waals surface area contributed by atoms with Crippen molar-refractivity contribution < 1.29 is 9.53 Å². The summed E-state index contributed by atoms with van der Waals surface area (Å²) in [6.07, 6.45) is 1.67. The molecule has 0 aliphatic carbocycles. The molecule has 2 aromatic rings. The van der Waals surface area contributed by atoms with Gasteiger partial charge in [0.25, 0.3) is 0 Å². The molecule has 8 heteroatoms. The number of hydrogen-bond acceptors (Lipinski definition) is 5. The van der Waals surface area contributed by atoms with Crippen molar-refractivity contribution in [3.63, 3.8) is 0 Å². The van der Waals surface area contributed by atoms with Crippen molar-refractivity contribution in [2.45, 2.75) is 25.0 Å². The van der Waals surface area contributed by atoms with Crippen LogP contribution in [0.5, 0.6) is 5.75 Å². The van der Waals surface area contributed by atoms with E-state index in [0.29, 0.717) is 23.9 Å². The van der Waals surface area contributed by atoms with Crippen molar-refractivity contribution >= 4 is 29.3 Å². The highest BCUT2D eigenvalue weighted by molar-refractivity contribution is 7.99. The van der Waals surface area contributed by atoms with Gasteiger partial charge in [-0.1, -0.05) is 23.4 Å². The maximum atomic E-state index is 11.8. The van der Waals surface area contributed by atoms with Crippen molar-refractivity contribution in [1.82, 2.24) is 20.1 Å². The van der Waals surface area contributed by atoms with E-state index in [-0.39, 0.29) is 11.9 Å². The van der Waals surface area contributed by atoms with Crippen LogP contribution in [-0.2, 0) is 4.79 Å². The number of hydrogen-bond donors (Lipinski definition) is 1. The van der Waals surface area contributed by atoms with Crippen LogP contribution in [-0.4, -0.2) is 39.6 Å². The van der Waals surface area contributed by atoms with Gasteiger partial charge in [0, 0.05) is 11.1 Å². The van der Waals surface area contributed by atoms with Crippen LogP contribution in [0.1, 0.15) is 19.9 Å². The monoisotopic (exact) mass is 354 g/mol. The largest absolute Gasteiger partial charge is 0.492 e. The van der Waals surface area contributed by atoms with E-state index in [1.54, 1.807) is 30.6 Å². The number of benzene rings is 1. The van der Waals surface area contributed by atoms with E-state index < -0.39 is 0 Å². The first-order chi connectivity index (χ1) is 11.1. The Morgan fingerprint density at radius 1 is 1.39 bits per heavy atom. The summed E-state index contributed by atoms with van der Waals surface area (Å²) in [5, 5.41) is 12.1. The van der Waals surface area contributed by atoms with Crippen molar-refractivity contribution in [2.75, 3.05) is 18.9 Å². The Labute approximate surface area is 144 Å². The van der Waals surface area contributed by atoms with Gasteiger partial charge < -0.3 is 14.6 Å². The Hall–Kier alpha value is -1.73. The SMILES string of the molecule is CC(C)n1cnnc1SCC(=O)NCCOc1ccc(Cl)cc1. The molecule has 2 rings (SSSR count). The molecule has 1 aromatic heterocycles. The molecule has 0 saturated heterocycles. The molecule has 0 aliphatic heterocycles. The zero-order chi connectivity index (χ0) is 16.7. The third-order valence-corrected chi connectivity index (χ3v) is 4.14. The fraction of sp³-hybridized carbons (Fsp3) is 0.400. The number of rotatable bonds is 8. The molecule has 6 nitrogen and oxygen atoms in total. The molecule has 0 radical (unpaired) electrons. The second-order valence-electron chi connectivity index (χ2n) is 5.06. The normalized spacial score (nSPS) is 10.8. The lowest BCUT2D eigenvalue weighted by molar-refractivity contribution is -0.118. The van der Waals surface area contributed by atoms with E-state index in [1.807, 2.05) is 18.4 Å². The molecule has 0 unspecified atom stereocenters. The number of nitrogens with zero attached hydrogens (tertiary/aromatic N) is 3. The summed E-state index contributed by atoms with van der Waals surface area (Å²) < 4.78 is 7.44. The Bertz CT molecular complexity index is 631. The minimum Gasteiger partial charge on any atom is -0.492 e. The lowest BCUT2D eigenvalue weighted by Crippen LogP contribution is -2.29. The van der Waals surface area contributed by atoms with Crippen LogP contribution in [0.4, 0.5) is 0 Å². The summed E-state index contributed by atoms with van der Waals surface area (Å²) in [5.74, 6) is 0.961. The molecular weight excluding hydrogens is 336 g/mol. The van der Waals surface area contributed by atoms with Gasteiger partial charge in [-0.05, 0) is 38.1 Å². The summed E-state index contributed by atoms with van der Waals surface area (Å²) in [4.78, 5) is 11.8. The number of carbonyl (C=O) groups excluding carboxylic acids is 1. The molecule has 1 N–H and O–H groups in total. The van der Waals surface area contributed by atoms with Gasteiger partial charge >= 0.3 is 0 Å². The molecule has 0 atom stereocenters. The predicted molar refractivity (Wildman–Crippen MR) is 91.1 cm³/mol. The van der Waals surface area contributed by atoms with Crippen LogP contribution in [0.25, 0.3) is 0 Å². The lowest BCUT2D eigenvalue weighted by Gasteiger charge is -2.10. The summed E-state index contributed by atoms with van der Waals surface area (Å²) >= 11 is 7.16. The molecule has 0 fully saturated rings. The highest BCUT2D eigenvalue weighted by atomic mass is 35.5. The third kappa shape index (κ3) is 5.76. The van der Waals surface area contributed by atoms with Gasteiger partial charge in [0.1, 0.15) is 18.7 Å². The number of aromatic nitrogens is 3. The second-order valence-corrected chi connectivity index (χ2v) is 6.43.